The van der Waals surface area contributed by atoms with Crippen LogP contribution in [0.3, 0.4) is 0 Å². The highest BCUT2D eigenvalue weighted by Gasteiger charge is 2.36. The summed E-state index contributed by atoms with van der Waals surface area (Å²) in [4.78, 5) is 30.2. The van der Waals surface area contributed by atoms with Crippen LogP contribution in [0.5, 0.6) is 5.88 Å². The van der Waals surface area contributed by atoms with Crippen LogP contribution in [0.4, 0.5) is 5.69 Å². The predicted molar refractivity (Wildman–Crippen MR) is 93.8 cm³/mol. The molecule has 2 amide bonds. The van der Waals surface area contributed by atoms with Gasteiger partial charge in [-0.05, 0) is 29.8 Å². The SMILES string of the molecule is COc1cc(C(=O)Nc2cccc(C3(C)CC(=O)N(C)C(N)=N3)c2)on1. The molecule has 136 valence electrons. The molecule has 1 unspecified atom stereocenters. The van der Waals surface area contributed by atoms with E-state index < -0.39 is 11.4 Å². The van der Waals surface area contributed by atoms with Gasteiger partial charge in [0.15, 0.2) is 5.96 Å². The number of ether oxygens (including phenoxy) is 1. The summed E-state index contributed by atoms with van der Waals surface area (Å²) in [5, 5.41) is 6.31. The van der Waals surface area contributed by atoms with E-state index in [4.69, 9.17) is 15.0 Å². The summed E-state index contributed by atoms with van der Waals surface area (Å²) in [6.45, 7) is 1.83. The topological polar surface area (TPSA) is 123 Å². The van der Waals surface area contributed by atoms with Crippen LogP contribution in [-0.4, -0.2) is 42.0 Å². The summed E-state index contributed by atoms with van der Waals surface area (Å²) in [6.07, 6.45) is 0.181. The fourth-order valence-electron chi connectivity index (χ4n) is 2.66. The molecule has 3 rings (SSSR count). The summed E-state index contributed by atoms with van der Waals surface area (Å²) < 4.78 is 9.81. The van der Waals surface area contributed by atoms with Gasteiger partial charge in [0.1, 0.15) is 0 Å². The molecule has 2 heterocycles. The Hall–Kier alpha value is -3.36. The van der Waals surface area contributed by atoms with Gasteiger partial charge in [0.05, 0.1) is 25.1 Å². The Morgan fingerprint density at radius 2 is 2.19 bits per heavy atom. The number of aliphatic imine (C=N–C) groups is 1. The Labute approximate surface area is 149 Å². The number of benzene rings is 1. The van der Waals surface area contributed by atoms with Gasteiger partial charge in [-0.15, -0.1) is 0 Å². The molecule has 0 saturated heterocycles. The maximum absolute atomic E-state index is 12.2. The fourth-order valence-corrected chi connectivity index (χ4v) is 2.66. The van der Waals surface area contributed by atoms with Crippen molar-refractivity contribution >= 4 is 23.5 Å². The first kappa shape index (κ1) is 17.5. The smallest absolute Gasteiger partial charge is 0.294 e. The number of rotatable bonds is 4. The fraction of sp³-hybridized carbons (Fsp3) is 0.294. The Morgan fingerprint density at radius 3 is 2.85 bits per heavy atom. The zero-order chi connectivity index (χ0) is 18.9. The summed E-state index contributed by atoms with van der Waals surface area (Å²) in [5.74, 6) is -0.193. The number of methoxy groups -OCH3 is 1. The Kier molecular flexibility index (Phi) is 4.37. The van der Waals surface area contributed by atoms with Crippen LogP contribution < -0.4 is 15.8 Å². The van der Waals surface area contributed by atoms with E-state index in [1.807, 2.05) is 13.0 Å². The molecule has 3 N–H and O–H groups in total. The van der Waals surface area contributed by atoms with Crippen molar-refractivity contribution in [2.45, 2.75) is 18.9 Å². The molecule has 0 saturated carbocycles. The molecule has 1 aromatic carbocycles. The zero-order valence-electron chi connectivity index (χ0n) is 14.6. The zero-order valence-corrected chi connectivity index (χ0v) is 14.6. The van der Waals surface area contributed by atoms with Crippen molar-refractivity contribution in [1.82, 2.24) is 10.1 Å². The molecule has 2 aromatic rings. The van der Waals surface area contributed by atoms with E-state index in [9.17, 15) is 9.59 Å². The standard InChI is InChI=1S/C17H19N5O4/c1-17(9-14(23)22(2)16(18)20-17)10-5-4-6-11(7-10)19-15(24)12-8-13(25-3)21-26-12/h4-8H,9H2,1-3H3,(H2,18,20)(H,19,24). The lowest BCUT2D eigenvalue weighted by Gasteiger charge is -2.33. The average molecular weight is 357 g/mol. The molecular weight excluding hydrogens is 338 g/mol. The molecule has 1 atom stereocenters. The average Bonchev–Trinajstić information content (AvgIpc) is 3.09. The number of guanidine groups is 1. The number of amides is 2. The van der Waals surface area contributed by atoms with Crippen LogP contribution >= 0.6 is 0 Å². The number of hydrogen-bond donors (Lipinski definition) is 2. The second kappa shape index (κ2) is 6.51. The van der Waals surface area contributed by atoms with E-state index in [-0.39, 0.29) is 29.9 Å². The summed E-state index contributed by atoms with van der Waals surface area (Å²) in [5.41, 5.74) is 6.34. The van der Waals surface area contributed by atoms with Gasteiger partial charge < -0.3 is 20.3 Å². The number of nitrogens with zero attached hydrogens (tertiary/aromatic N) is 3. The van der Waals surface area contributed by atoms with Gasteiger partial charge in [-0.25, -0.2) is 4.99 Å². The maximum atomic E-state index is 12.2. The second-order valence-electron chi connectivity index (χ2n) is 6.14. The lowest BCUT2D eigenvalue weighted by molar-refractivity contribution is -0.128. The van der Waals surface area contributed by atoms with E-state index in [2.05, 4.69) is 15.5 Å². The third-order valence-corrected chi connectivity index (χ3v) is 4.24. The molecule has 0 radical (unpaired) electrons. The minimum atomic E-state index is -0.802. The van der Waals surface area contributed by atoms with Crippen molar-refractivity contribution in [3.63, 3.8) is 0 Å². The third-order valence-electron chi connectivity index (χ3n) is 4.24. The van der Waals surface area contributed by atoms with Crippen molar-refractivity contribution < 1.29 is 18.8 Å². The van der Waals surface area contributed by atoms with Crippen LogP contribution in [0.25, 0.3) is 0 Å². The highest BCUT2D eigenvalue weighted by atomic mass is 16.5. The minimum absolute atomic E-state index is 0.0233. The van der Waals surface area contributed by atoms with Crippen molar-refractivity contribution in [3.8, 4) is 5.88 Å². The van der Waals surface area contributed by atoms with Gasteiger partial charge in [0.25, 0.3) is 11.8 Å². The molecule has 0 spiro atoms. The quantitative estimate of drug-likeness (QED) is 0.851. The van der Waals surface area contributed by atoms with Gasteiger partial charge in [-0.3, -0.25) is 14.5 Å². The van der Waals surface area contributed by atoms with Crippen LogP contribution in [0.1, 0.15) is 29.5 Å². The van der Waals surface area contributed by atoms with Crippen molar-refractivity contribution in [1.29, 1.82) is 0 Å². The third kappa shape index (κ3) is 3.23. The Morgan fingerprint density at radius 1 is 1.42 bits per heavy atom. The minimum Gasteiger partial charge on any atom is -0.479 e. The lowest BCUT2D eigenvalue weighted by Crippen LogP contribution is -2.47. The second-order valence-corrected chi connectivity index (χ2v) is 6.14. The molecule has 0 bridgehead atoms. The molecule has 0 aliphatic carbocycles. The Bertz CT molecular complexity index is 891. The molecule has 0 fully saturated rings. The number of aromatic nitrogens is 1. The van der Waals surface area contributed by atoms with Gasteiger partial charge in [0, 0.05) is 12.7 Å². The lowest BCUT2D eigenvalue weighted by atomic mass is 9.87. The predicted octanol–water partition coefficient (Wildman–Crippen LogP) is 1.33. The molecule has 1 aliphatic rings. The molecule has 9 nitrogen and oxygen atoms in total. The molecule has 9 heteroatoms. The molecule has 1 aromatic heterocycles. The molecular formula is C17H19N5O4. The normalized spacial score (nSPS) is 19.9. The van der Waals surface area contributed by atoms with E-state index in [0.717, 1.165) is 5.56 Å². The number of anilines is 1. The first-order chi connectivity index (χ1) is 12.3. The monoisotopic (exact) mass is 357 g/mol. The molecule has 26 heavy (non-hydrogen) atoms. The largest absolute Gasteiger partial charge is 0.479 e. The van der Waals surface area contributed by atoms with Gasteiger partial charge in [0.2, 0.25) is 11.7 Å². The number of nitrogens with one attached hydrogen (secondary N) is 1. The summed E-state index contributed by atoms with van der Waals surface area (Å²) in [6, 6.07) is 8.47. The number of hydrogen-bond acceptors (Lipinski definition) is 7. The first-order valence-electron chi connectivity index (χ1n) is 7.87. The highest BCUT2D eigenvalue weighted by molar-refractivity contribution is 6.02. The number of carbonyl (C=O) groups is 2. The van der Waals surface area contributed by atoms with E-state index in [0.29, 0.717) is 5.69 Å². The van der Waals surface area contributed by atoms with Gasteiger partial charge >= 0.3 is 0 Å². The first-order valence-corrected chi connectivity index (χ1v) is 7.87. The summed E-state index contributed by atoms with van der Waals surface area (Å²) in [7, 11) is 3.02. The molecule has 1 aliphatic heterocycles. The van der Waals surface area contributed by atoms with Crippen LogP contribution in [0, 0.1) is 0 Å². The number of carbonyl (C=O) groups excluding carboxylic acids is 2. The van der Waals surface area contributed by atoms with E-state index in [1.165, 1.54) is 18.1 Å². The van der Waals surface area contributed by atoms with Gasteiger partial charge in [-0.1, -0.05) is 12.1 Å². The van der Waals surface area contributed by atoms with Crippen molar-refractivity contribution in [2.24, 2.45) is 10.7 Å². The van der Waals surface area contributed by atoms with Crippen LogP contribution in [-0.2, 0) is 10.3 Å². The van der Waals surface area contributed by atoms with Crippen LogP contribution in [0.2, 0.25) is 0 Å². The van der Waals surface area contributed by atoms with Gasteiger partial charge in [-0.2, -0.15) is 0 Å². The maximum Gasteiger partial charge on any atom is 0.294 e. The van der Waals surface area contributed by atoms with E-state index >= 15 is 0 Å². The van der Waals surface area contributed by atoms with Crippen molar-refractivity contribution in [2.75, 3.05) is 19.5 Å². The summed E-state index contributed by atoms with van der Waals surface area (Å²) >= 11 is 0. The van der Waals surface area contributed by atoms with Crippen molar-refractivity contribution in [3.05, 3.63) is 41.7 Å². The highest BCUT2D eigenvalue weighted by Crippen LogP contribution is 2.34. The van der Waals surface area contributed by atoms with E-state index in [1.54, 1.807) is 25.2 Å². The Balaban J connectivity index is 1.84. The number of nitrogens with two attached hydrogens (primary N) is 1. The van der Waals surface area contributed by atoms with Crippen LogP contribution in [0.15, 0.2) is 39.8 Å².